The molecule has 0 spiro atoms. The summed E-state index contributed by atoms with van der Waals surface area (Å²) in [6, 6.07) is 12.3. The molecule has 2 heterocycles. The Labute approximate surface area is 119 Å². The number of fused-ring (bicyclic) bond motifs is 1. The van der Waals surface area contributed by atoms with Crippen LogP contribution in [0.25, 0.3) is 0 Å². The van der Waals surface area contributed by atoms with Crippen LogP contribution in [0.1, 0.15) is 36.7 Å². The second kappa shape index (κ2) is 5.41. The monoisotopic (exact) mass is 266 g/mol. The van der Waals surface area contributed by atoms with Crippen LogP contribution in [0, 0.1) is 0 Å². The standard InChI is InChI=1S/C16H18N4/c1-11(2)13-10-14-16(20-19-13)15(18-9-8-17-14)12-6-4-3-5-7-12/h3-7,10-11,17H,8-9H2,1-2H3. The average molecular weight is 266 g/mol. The van der Waals surface area contributed by atoms with E-state index < -0.39 is 0 Å². The molecule has 0 fully saturated rings. The maximum absolute atomic E-state index is 4.66. The first-order chi connectivity index (χ1) is 9.75. The van der Waals surface area contributed by atoms with Crippen molar-refractivity contribution < 1.29 is 0 Å². The third kappa shape index (κ3) is 2.41. The summed E-state index contributed by atoms with van der Waals surface area (Å²) in [6.07, 6.45) is 0. The number of nitrogens with zero attached hydrogens (tertiary/aromatic N) is 3. The van der Waals surface area contributed by atoms with Gasteiger partial charge >= 0.3 is 0 Å². The first kappa shape index (κ1) is 12.8. The highest BCUT2D eigenvalue weighted by Crippen LogP contribution is 2.23. The minimum Gasteiger partial charge on any atom is -0.381 e. The van der Waals surface area contributed by atoms with E-state index in [1.807, 2.05) is 18.2 Å². The summed E-state index contributed by atoms with van der Waals surface area (Å²) in [4.78, 5) is 4.66. The molecule has 4 nitrogen and oxygen atoms in total. The van der Waals surface area contributed by atoms with Crippen molar-refractivity contribution >= 4 is 11.4 Å². The maximum atomic E-state index is 4.66. The molecule has 4 heteroatoms. The first-order valence-corrected chi connectivity index (χ1v) is 6.97. The molecule has 1 aliphatic rings. The lowest BCUT2D eigenvalue weighted by molar-refractivity contribution is 0.784. The summed E-state index contributed by atoms with van der Waals surface area (Å²) in [7, 11) is 0. The van der Waals surface area contributed by atoms with Gasteiger partial charge in [0.05, 0.1) is 23.6 Å². The fourth-order valence-electron chi connectivity index (χ4n) is 2.26. The molecule has 0 amide bonds. The van der Waals surface area contributed by atoms with Crippen molar-refractivity contribution in [3.63, 3.8) is 0 Å². The second-order valence-electron chi connectivity index (χ2n) is 5.21. The SMILES string of the molecule is CC(C)c1cc2c(nn1)C(c1ccccc1)=NCCN2. The van der Waals surface area contributed by atoms with Gasteiger partial charge in [-0.1, -0.05) is 44.2 Å². The number of aliphatic imine (C=N–C) groups is 1. The van der Waals surface area contributed by atoms with E-state index in [0.29, 0.717) is 5.92 Å². The minimum absolute atomic E-state index is 0.370. The predicted molar refractivity (Wildman–Crippen MR) is 81.6 cm³/mol. The lowest BCUT2D eigenvalue weighted by Gasteiger charge is -2.11. The van der Waals surface area contributed by atoms with E-state index in [4.69, 9.17) is 0 Å². The fraction of sp³-hybridized carbons (Fsp3) is 0.312. The van der Waals surface area contributed by atoms with Gasteiger partial charge in [0, 0.05) is 12.1 Å². The Balaban J connectivity index is 2.09. The van der Waals surface area contributed by atoms with E-state index in [1.165, 1.54) is 0 Å². The van der Waals surface area contributed by atoms with Gasteiger partial charge < -0.3 is 5.32 Å². The van der Waals surface area contributed by atoms with Crippen molar-refractivity contribution in [3.05, 3.63) is 53.3 Å². The molecule has 0 saturated carbocycles. The zero-order valence-electron chi connectivity index (χ0n) is 11.8. The first-order valence-electron chi connectivity index (χ1n) is 6.97. The van der Waals surface area contributed by atoms with Crippen LogP contribution < -0.4 is 5.32 Å². The van der Waals surface area contributed by atoms with Crippen molar-refractivity contribution in [1.82, 2.24) is 10.2 Å². The fourth-order valence-corrected chi connectivity index (χ4v) is 2.26. The third-order valence-corrected chi connectivity index (χ3v) is 3.37. The summed E-state index contributed by atoms with van der Waals surface area (Å²) in [5.74, 6) is 0.370. The third-order valence-electron chi connectivity index (χ3n) is 3.37. The van der Waals surface area contributed by atoms with E-state index in [1.54, 1.807) is 0 Å². The maximum Gasteiger partial charge on any atom is 0.135 e. The quantitative estimate of drug-likeness (QED) is 0.909. The van der Waals surface area contributed by atoms with Gasteiger partial charge in [-0.25, -0.2) is 0 Å². The summed E-state index contributed by atoms with van der Waals surface area (Å²) >= 11 is 0. The van der Waals surface area contributed by atoms with Crippen LogP contribution >= 0.6 is 0 Å². The van der Waals surface area contributed by atoms with Crippen LogP contribution in [0.5, 0.6) is 0 Å². The van der Waals surface area contributed by atoms with Crippen molar-refractivity contribution in [1.29, 1.82) is 0 Å². The molecule has 1 aromatic carbocycles. The Morgan fingerprint density at radius 3 is 2.65 bits per heavy atom. The smallest absolute Gasteiger partial charge is 0.135 e. The summed E-state index contributed by atoms with van der Waals surface area (Å²) in [5, 5.41) is 12.2. The molecule has 0 radical (unpaired) electrons. The van der Waals surface area contributed by atoms with E-state index in [0.717, 1.165) is 41.4 Å². The highest BCUT2D eigenvalue weighted by atomic mass is 15.1. The highest BCUT2D eigenvalue weighted by Gasteiger charge is 2.18. The Hall–Kier alpha value is -2.23. The Morgan fingerprint density at radius 1 is 1.10 bits per heavy atom. The highest BCUT2D eigenvalue weighted by molar-refractivity contribution is 6.14. The lowest BCUT2D eigenvalue weighted by atomic mass is 10.0. The summed E-state index contributed by atoms with van der Waals surface area (Å²) in [5.41, 5.74) is 4.89. The number of anilines is 1. The number of hydrogen-bond acceptors (Lipinski definition) is 4. The molecule has 2 aromatic rings. The van der Waals surface area contributed by atoms with Crippen LogP contribution in [-0.4, -0.2) is 29.0 Å². The molecular formula is C16H18N4. The van der Waals surface area contributed by atoms with Gasteiger partial charge in [0.1, 0.15) is 5.69 Å². The van der Waals surface area contributed by atoms with E-state index in [2.05, 4.69) is 52.6 Å². The molecule has 102 valence electrons. The topological polar surface area (TPSA) is 50.2 Å². The second-order valence-corrected chi connectivity index (χ2v) is 5.21. The Morgan fingerprint density at radius 2 is 1.90 bits per heavy atom. The lowest BCUT2D eigenvalue weighted by Crippen LogP contribution is -2.11. The molecular weight excluding hydrogens is 248 g/mol. The van der Waals surface area contributed by atoms with Gasteiger partial charge in [0.25, 0.3) is 0 Å². The molecule has 0 aliphatic carbocycles. The zero-order chi connectivity index (χ0) is 13.9. The van der Waals surface area contributed by atoms with E-state index >= 15 is 0 Å². The molecule has 0 unspecified atom stereocenters. The Bertz CT molecular complexity index is 632. The molecule has 0 bridgehead atoms. The van der Waals surface area contributed by atoms with Crippen molar-refractivity contribution in [3.8, 4) is 0 Å². The molecule has 1 aromatic heterocycles. The number of aromatic nitrogens is 2. The van der Waals surface area contributed by atoms with Crippen LogP contribution in [0.4, 0.5) is 5.69 Å². The van der Waals surface area contributed by atoms with Gasteiger partial charge in [-0.05, 0) is 12.0 Å². The number of benzene rings is 1. The summed E-state index contributed by atoms with van der Waals surface area (Å²) in [6.45, 7) is 5.82. The van der Waals surface area contributed by atoms with Crippen molar-refractivity contribution in [2.24, 2.45) is 4.99 Å². The molecule has 1 aliphatic heterocycles. The van der Waals surface area contributed by atoms with E-state index in [-0.39, 0.29) is 0 Å². The zero-order valence-corrected chi connectivity index (χ0v) is 11.8. The molecule has 3 rings (SSSR count). The molecule has 20 heavy (non-hydrogen) atoms. The average Bonchev–Trinajstić information content (AvgIpc) is 2.69. The number of hydrogen-bond donors (Lipinski definition) is 1. The molecule has 1 N–H and O–H groups in total. The van der Waals surface area contributed by atoms with Gasteiger partial charge in [-0.3, -0.25) is 4.99 Å². The Kier molecular flexibility index (Phi) is 3.46. The largest absolute Gasteiger partial charge is 0.381 e. The number of rotatable bonds is 2. The van der Waals surface area contributed by atoms with Crippen LogP contribution in [0.15, 0.2) is 41.4 Å². The van der Waals surface area contributed by atoms with E-state index in [9.17, 15) is 0 Å². The van der Waals surface area contributed by atoms with Crippen LogP contribution in [0.3, 0.4) is 0 Å². The van der Waals surface area contributed by atoms with Crippen molar-refractivity contribution in [2.45, 2.75) is 19.8 Å². The molecule has 0 atom stereocenters. The number of nitrogens with one attached hydrogen (secondary N) is 1. The van der Waals surface area contributed by atoms with Crippen LogP contribution in [0.2, 0.25) is 0 Å². The van der Waals surface area contributed by atoms with Crippen molar-refractivity contribution in [2.75, 3.05) is 18.4 Å². The van der Waals surface area contributed by atoms with Gasteiger partial charge in [0.15, 0.2) is 0 Å². The summed E-state index contributed by atoms with van der Waals surface area (Å²) < 4.78 is 0. The van der Waals surface area contributed by atoms with Crippen LogP contribution in [-0.2, 0) is 0 Å². The predicted octanol–water partition coefficient (Wildman–Crippen LogP) is 2.86. The normalized spacial score (nSPS) is 14.2. The minimum atomic E-state index is 0.370. The molecule has 0 saturated heterocycles. The van der Waals surface area contributed by atoms with Gasteiger partial charge in [-0.15, -0.1) is 5.10 Å². The van der Waals surface area contributed by atoms with Gasteiger partial charge in [0.2, 0.25) is 0 Å². The van der Waals surface area contributed by atoms with Gasteiger partial charge in [-0.2, -0.15) is 5.10 Å².